The molecule has 1 fully saturated rings. The summed E-state index contributed by atoms with van der Waals surface area (Å²) in [5, 5.41) is 4.47. The Hall–Kier alpha value is -1.14. The molecule has 4 nitrogen and oxygen atoms in total. The molecule has 0 aromatic carbocycles. The van der Waals surface area contributed by atoms with E-state index in [-0.39, 0.29) is 23.4 Å². The summed E-state index contributed by atoms with van der Waals surface area (Å²) in [6, 6.07) is 1.54. The minimum Gasteiger partial charge on any atom is -0.362 e. The van der Waals surface area contributed by atoms with E-state index in [1.807, 2.05) is 0 Å². The Labute approximate surface area is 124 Å². The van der Waals surface area contributed by atoms with Crippen LogP contribution in [0.25, 0.3) is 5.65 Å². The lowest BCUT2D eigenvalue weighted by molar-refractivity contribution is -0.0642. The number of hydrogen-bond donors (Lipinski definition) is 0. The van der Waals surface area contributed by atoms with Crippen LogP contribution in [0.15, 0.2) is 12.3 Å². The number of aromatic nitrogens is 3. The van der Waals surface area contributed by atoms with E-state index in [1.54, 1.807) is 18.7 Å². The van der Waals surface area contributed by atoms with Crippen LogP contribution in [0, 0.1) is 5.41 Å². The highest BCUT2D eigenvalue weighted by Crippen LogP contribution is 2.45. The summed E-state index contributed by atoms with van der Waals surface area (Å²) in [5.41, 5.74) is -0.175. The van der Waals surface area contributed by atoms with Crippen molar-refractivity contribution >= 4 is 34.5 Å². The second-order valence-electron chi connectivity index (χ2n) is 5.63. The van der Waals surface area contributed by atoms with Gasteiger partial charge in [0.1, 0.15) is 5.15 Å². The Morgan fingerprint density at radius 3 is 2.50 bits per heavy atom. The van der Waals surface area contributed by atoms with Crippen LogP contribution in [-0.4, -0.2) is 33.6 Å². The van der Waals surface area contributed by atoms with E-state index >= 15 is 0 Å². The van der Waals surface area contributed by atoms with Gasteiger partial charge < -0.3 is 4.90 Å². The van der Waals surface area contributed by atoms with Crippen LogP contribution in [-0.2, 0) is 0 Å². The van der Waals surface area contributed by atoms with Gasteiger partial charge in [0.15, 0.2) is 10.8 Å². The number of imidazole rings is 1. The van der Waals surface area contributed by atoms with Gasteiger partial charge in [0.2, 0.25) is 0 Å². The first-order valence-electron chi connectivity index (χ1n) is 6.04. The van der Waals surface area contributed by atoms with Gasteiger partial charge in [-0.15, -0.1) is 0 Å². The zero-order valence-electron chi connectivity index (χ0n) is 10.9. The maximum absolute atomic E-state index is 14.0. The molecule has 0 amide bonds. The highest BCUT2D eigenvalue weighted by molar-refractivity contribution is 6.30. The standard InChI is InChI=1S/C12H12Cl2F2N4/c1-11(2)5-19(6-12(11,15)16)7-3-8(13)18-20-4-9(14)17-10(7)20/h3-4H,5-6H2,1-2H3. The Morgan fingerprint density at radius 2 is 1.90 bits per heavy atom. The number of fused-ring (bicyclic) bond motifs is 1. The summed E-state index contributed by atoms with van der Waals surface area (Å²) < 4.78 is 29.4. The lowest BCUT2D eigenvalue weighted by Crippen LogP contribution is -2.34. The minimum atomic E-state index is -2.78. The smallest absolute Gasteiger partial charge is 0.271 e. The molecular weight excluding hydrogens is 309 g/mol. The van der Waals surface area contributed by atoms with E-state index in [4.69, 9.17) is 23.2 Å². The van der Waals surface area contributed by atoms with Gasteiger partial charge in [0.05, 0.1) is 18.4 Å². The third-order valence-corrected chi connectivity index (χ3v) is 4.02. The zero-order chi connectivity index (χ0) is 14.7. The lowest BCUT2D eigenvalue weighted by Gasteiger charge is -2.24. The van der Waals surface area contributed by atoms with Gasteiger partial charge in [0, 0.05) is 18.0 Å². The van der Waals surface area contributed by atoms with Crippen molar-refractivity contribution in [3.63, 3.8) is 0 Å². The molecule has 0 aliphatic carbocycles. The van der Waals surface area contributed by atoms with Crippen LogP contribution in [0.1, 0.15) is 13.8 Å². The van der Waals surface area contributed by atoms with Crippen molar-refractivity contribution < 1.29 is 8.78 Å². The largest absolute Gasteiger partial charge is 0.362 e. The van der Waals surface area contributed by atoms with Crippen molar-refractivity contribution in [3.8, 4) is 0 Å². The van der Waals surface area contributed by atoms with Crippen LogP contribution in [0.5, 0.6) is 0 Å². The summed E-state index contributed by atoms with van der Waals surface area (Å²) in [7, 11) is 0. The first-order chi connectivity index (χ1) is 9.19. The van der Waals surface area contributed by atoms with Crippen molar-refractivity contribution in [2.24, 2.45) is 5.41 Å². The minimum absolute atomic E-state index is 0.203. The summed E-state index contributed by atoms with van der Waals surface area (Å²) >= 11 is 11.8. The first-order valence-corrected chi connectivity index (χ1v) is 6.79. The normalized spacial score (nSPS) is 20.8. The molecule has 0 radical (unpaired) electrons. The third-order valence-electron chi connectivity index (χ3n) is 3.65. The maximum atomic E-state index is 14.0. The second-order valence-corrected chi connectivity index (χ2v) is 6.40. The molecule has 0 saturated carbocycles. The molecule has 108 valence electrons. The fraction of sp³-hybridized carbons (Fsp3) is 0.500. The van der Waals surface area contributed by atoms with E-state index in [0.29, 0.717) is 11.3 Å². The molecule has 20 heavy (non-hydrogen) atoms. The fourth-order valence-electron chi connectivity index (χ4n) is 2.41. The second kappa shape index (κ2) is 4.18. The van der Waals surface area contributed by atoms with Crippen LogP contribution in [0.4, 0.5) is 14.5 Å². The van der Waals surface area contributed by atoms with Crippen molar-refractivity contribution in [1.29, 1.82) is 0 Å². The van der Waals surface area contributed by atoms with Crippen LogP contribution in [0.3, 0.4) is 0 Å². The number of hydrogen-bond acceptors (Lipinski definition) is 3. The highest BCUT2D eigenvalue weighted by atomic mass is 35.5. The van der Waals surface area contributed by atoms with Gasteiger partial charge in [-0.05, 0) is 0 Å². The first kappa shape index (κ1) is 13.8. The Bertz CT molecular complexity index is 667. The number of anilines is 1. The quantitative estimate of drug-likeness (QED) is 0.806. The zero-order valence-corrected chi connectivity index (χ0v) is 12.4. The summed E-state index contributed by atoms with van der Waals surface area (Å²) in [4.78, 5) is 5.69. The predicted molar refractivity (Wildman–Crippen MR) is 73.9 cm³/mol. The number of nitrogens with zero attached hydrogens (tertiary/aromatic N) is 4. The van der Waals surface area contributed by atoms with Crippen molar-refractivity contribution in [2.75, 3.05) is 18.0 Å². The molecule has 3 rings (SSSR count). The molecule has 0 N–H and O–H groups in total. The van der Waals surface area contributed by atoms with E-state index in [2.05, 4.69) is 10.1 Å². The molecule has 2 aromatic heterocycles. The Morgan fingerprint density at radius 1 is 1.20 bits per heavy atom. The molecule has 0 bridgehead atoms. The average molecular weight is 321 g/mol. The van der Waals surface area contributed by atoms with Gasteiger partial charge in [0.25, 0.3) is 5.92 Å². The highest BCUT2D eigenvalue weighted by Gasteiger charge is 2.54. The van der Waals surface area contributed by atoms with Gasteiger partial charge in [-0.25, -0.2) is 18.3 Å². The topological polar surface area (TPSA) is 33.4 Å². The summed E-state index contributed by atoms with van der Waals surface area (Å²) in [6.45, 7) is 2.93. The van der Waals surface area contributed by atoms with E-state index in [9.17, 15) is 8.78 Å². The lowest BCUT2D eigenvalue weighted by atomic mass is 9.89. The number of rotatable bonds is 1. The van der Waals surface area contributed by atoms with E-state index in [0.717, 1.165) is 0 Å². The fourth-order valence-corrected chi connectivity index (χ4v) is 2.77. The monoisotopic (exact) mass is 320 g/mol. The van der Waals surface area contributed by atoms with Crippen LogP contribution in [0.2, 0.25) is 10.3 Å². The molecule has 8 heteroatoms. The van der Waals surface area contributed by atoms with Crippen molar-refractivity contribution in [2.45, 2.75) is 19.8 Å². The van der Waals surface area contributed by atoms with E-state index < -0.39 is 11.3 Å². The average Bonchev–Trinajstić information content (AvgIpc) is 2.75. The molecular formula is C12H12Cl2F2N4. The van der Waals surface area contributed by atoms with Gasteiger partial charge in [-0.1, -0.05) is 37.0 Å². The maximum Gasteiger partial charge on any atom is 0.271 e. The van der Waals surface area contributed by atoms with Crippen LogP contribution < -0.4 is 4.90 Å². The molecule has 1 saturated heterocycles. The molecule has 3 heterocycles. The van der Waals surface area contributed by atoms with Crippen molar-refractivity contribution in [1.82, 2.24) is 14.6 Å². The number of halogens is 4. The number of alkyl halides is 2. The third kappa shape index (κ3) is 2.02. The van der Waals surface area contributed by atoms with Gasteiger partial charge in [-0.3, -0.25) is 0 Å². The molecule has 0 unspecified atom stereocenters. The molecule has 0 spiro atoms. The summed E-state index contributed by atoms with van der Waals surface area (Å²) in [5.74, 6) is -2.78. The molecule has 0 atom stereocenters. The summed E-state index contributed by atoms with van der Waals surface area (Å²) in [6.07, 6.45) is 1.49. The molecule has 1 aliphatic rings. The molecule has 1 aliphatic heterocycles. The van der Waals surface area contributed by atoms with Gasteiger partial charge >= 0.3 is 0 Å². The SMILES string of the molecule is CC1(C)CN(c2cc(Cl)nn3cc(Cl)nc23)CC1(F)F. The molecule has 2 aromatic rings. The van der Waals surface area contributed by atoms with Gasteiger partial charge in [-0.2, -0.15) is 5.10 Å². The van der Waals surface area contributed by atoms with Crippen LogP contribution >= 0.6 is 23.2 Å². The Kier molecular flexibility index (Phi) is 2.89. The predicted octanol–water partition coefficient (Wildman–Crippen LogP) is 3.52. The van der Waals surface area contributed by atoms with Crippen molar-refractivity contribution in [3.05, 3.63) is 22.6 Å². The Balaban J connectivity index is 2.12. The van der Waals surface area contributed by atoms with E-state index in [1.165, 1.54) is 16.8 Å².